The molecule has 22 heavy (non-hydrogen) atoms. The summed E-state index contributed by atoms with van der Waals surface area (Å²) in [5.41, 5.74) is 7.48. The Kier molecular flexibility index (Phi) is 5.55. The van der Waals surface area contributed by atoms with Gasteiger partial charge in [0.2, 0.25) is 0 Å². The molecule has 0 spiro atoms. The summed E-state index contributed by atoms with van der Waals surface area (Å²) in [6, 6.07) is 14.6. The molecule has 0 saturated heterocycles. The molecule has 0 fully saturated rings. The van der Waals surface area contributed by atoms with Crippen molar-refractivity contribution < 1.29 is 14.4 Å². The van der Waals surface area contributed by atoms with Crippen LogP contribution < -0.4 is 10.5 Å². The van der Waals surface area contributed by atoms with E-state index in [1.807, 2.05) is 37.3 Å². The standard InChI is InChI=1S/C16H15BrN2O3/c1-11-7-8-14(13(17)9-11)21-10-15(20)22-19-16(18)12-5-3-2-4-6-12/h2-9H,10H2,1H3,(H2,18,19). The smallest absolute Gasteiger partial charge is 0.372 e. The van der Waals surface area contributed by atoms with Crippen molar-refractivity contribution in [2.45, 2.75) is 6.92 Å². The molecule has 0 saturated carbocycles. The number of ether oxygens (including phenoxy) is 1. The van der Waals surface area contributed by atoms with Gasteiger partial charge in [-0.2, -0.15) is 0 Å². The van der Waals surface area contributed by atoms with Crippen molar-refractivity contribution in [1.29, 1.82) is 0 Å². The summed E-state index contributed by atoms with van der Waals surface area (Å²) in [5.74, 6) is 0.0550. The Morgan fingerprint density at radius 2 is 1.95 bits per heavy atom. The zero-order chi connectivity index (χ0) is 15.9. The summed E-state index contributed by atoms with van der Waals surface area (Å²) in [4.78, 5) is 16.3. The molecule has 114 valence electrons. The van der Waals surface area contributed by atoms with E-state index < -0.39 is 5.97 Å². The molecule has 6 heteroatoms. The van der Waals surface area contributed by atoms with Crippen molar-refractivity contribution in [2.24, 2.45) is 10.9 Å². The molecule has 0 heterocycles. The first kappa shape index (κ1) is 16.0. The van der Waals surface area contributed by atoms with E-state index >= 15 is 0 Å². The van der Waals surface area contributed by atoms with Crippen LogP contribution in [0, 0.1) is 6.92 Å². The number of carbonyl (C=O) groups excluding carboxylic acids is 1. The van der Waals surface area contributed by atoms with Crippen LogP contribution in [0.5, 0.6) is 5.75 Å². The lowest BCUT2D eigenvalue weighted by atomic mass is 10.2. The van der Waals surface area contributed by atoms with Crippen molar-refractivity contribution in [1.82, 2.24) is 0 Å². The van der Waals surface area contributed by atoms with Gasteiger partial charge in [-0.05, 0) is 40.5 Å². The molecular weight excluding hydrogens is 348 g/mol. The van der Waals surface area contributed by atoms with Crippen LogP contribution >= 0.6 is 15.9 Å². The maximum atomic E-state index is 11.6. The van der Waals surface area contributed by atoms with Gasteiger partial charge in [-0.3, -0.25) is 0 Å². The van der Waals surface area contributed by atoms with Crippen LogP contribution in [0.2, 0.25) is 0 Å². The molecule has 0 unspecified atom stereocenters. The number of amidine groups is 1. The van der Waals surface area contributed by atoms with E-state index in [9.17, 15) is 4.79 Å². The lowest BCUT2D eigenvalue weighted by Crippen LogP contribution is -2.18. The van der Waals surface area contributed by atoms with E-state index in [4.69, 9.17) is 15.3 Å². The second kappa shape index (κ2) is 7.61. The second-order valence-corrected chi connectivity index (χ2v) is 5.38. The SMILES string of the molecule is Cc1ccc(OCC(=O)O/N=C(/N)c2ccccc2)c(Br)c1. The van der Waals surface area contributed by atoms with Gasteiger partial charge in [0.25, 0.3) is 0 Å². The summed E-state index contributed by atoms with van der Waals surface area (Å²) < 4.78 is 6.13. The first-order valence-corrected chi connectivity index (χ1v) is 7.33. The van der Waals surface area contributed by atoms with E-state index in [1.54, 1.807) is 18.2 Å². The molecule has 2 aromatic rings. The Balaban J connectivity index is 1.88. The zero-order valence-corrected chi connectivity index (χ0v) is 13.5. The van der Waals surface area contributed by atoms with Gasteiger partial charge >= 0.3 is 5.97 Å². The van der Waals surface area contributed by atoms with E-state index in [1.165, 1.54) is 0 Å². The van der Waals surface area contributed by atoms with Crippen LogP contribution in [-0.4, -0.2) is 18.4 Å². The summed E-state index contributed by atoms with van der Waals surface area (Å²) >= 11 is 3.37. The van der Waals surface area contributed by atoms with Crippen molar-refractivity contribution >= 4 is 27.7 Å². The number of oxime groups is 1. The predicted octanol–water partition coefficient (Wildman–Crippen LogP) is 3.00. The Labute approximate surface area is 136 Å². The minimum absolute atomic E-state index is 0.130. The third kappa shape index (κ3) is 4.60. The third-order valence-corrected chi connectivity index (χ3v) is 3.37. The molecule has 2 rings (SSSR count). The van der Waals surface area contributed by atoms with Gasteiger partial charge in [0, 0.05) is 5.56 Å². The Morgan fingerprint density at radius 1 is 1.23 bits per heavy atom. The fraction of sp³-hybridized carbons (Fsp3) is 0.125. The fourth-order valence-corrected chi connectivity index (χ4v) is 2.26. The second-order valence-electron chi connectivity index (χ2n) is 4.53. The fourth-order valence-electron chi connectivity index (χ4n) is 1.65. The van der Waals surface area contributed by atoms with Gasteiger partial charge in [0.1, 0.15) is 5.75 Å². The molecule has 2 aromatic carbocycles. The van der Waals surface area contributed by atoms with Crippen LogP contribution in [0.1, 0.15) is 11.1 Å². The van der Waals surface area contributed by atoms with Crippen molar-refractivity contribution in [3.05, 3.63) is 64.1 Å². The number of benzene rings is 2. The van der Waals surface area contributed by atoms with Gasteiger partial charge < -0.3 is 15.3 Å². The minimum Gasteiger partial charge on any atom is -0.481 e. The minimum atomic E-state index is -0.633. The zero-order valence-electron chi connectivity index (χ0n) is 12.0. The average molecular weight is 363 g/mol. The first-order chi connectivity index (χ1) is 10.6. The maximum Gasteiger partial charge on any atom is 0.372 e. The molecule has 0 aromatic heterocycles. The number of aryl methyl sites for hydroxylation is 1. The van der Waals surface area contributed by atoms with Crippen molar-refractivity contribution in [3.8, 4) is 5.75 Å². The van der Waals surface area contributed by atoms with Crippen LogP contribution in [-0.2, 0) is 9.63 Å². The van der Waals surface area contributed by atoms with Crippen LogP contribution in [0.15, 0.2) is 58.2 Å². The molecule has 0 aliphatic rings. The number of nitrogens with zero attached hydrogens (tertiary/aromatic N) is 1. The van der Waals surface area contributed by atoms with Gasteiger partial charge in [-0.15, -0.1) is 0 Å². The lowest BCUT2D eigenvalue weighted by Gasteiger charge is -2.07. The monoisotopic (exact) mass is 362 g/mol. The number of nitrogens with two attached hydrogens (primary N) is 1. The number of rotatable bonds is 5. The molecule has 5 nitrogen and oxygen atoms in total. The number of halogens is 1. The Morgan fingerprint density at radius 3 is 2.64 bits per heavy atom. The average Bonchev–Trinajstić information content (AvgIpc) is 2.52. The van der Waals surface area contributed by atoms with Gasteiger partial charge in [0.15, 0.2) is 12.4 Å². The highest BCUT2D eigenvalue weighted by Crippen LogP contribution is 2.25. The first-order valence-electron chi connectivity index (χ1n) is 6.54. The molecule has 2 N–H and O–H groups in total. The molecule has 0 amide bonds. The largest absolute Gasteiger partial charge is 0.481 e. The number of hydrogen-bond acceptors (Lipinski definition) is 4. The highest BCUT2D eigenvalue weighted by molar-refractivity contribution is 9.10. The Bertz CT molecular complexity index is 687. The highest BCUT2D eigenvalue weighted by Gasteiger charge is 2.08. The molecule has 0 radical (unpaired) electrons. The summed E-state index contributed by atoms with van der Waals surface area (Å²) in [6.45, 7) is 1.71. The molecule has 0 atom stereocenters. The molecular formula is C16H15BrN2O3. The van der Waals surface area contributed by atoms with Crippen molar-refractivity contribution in [2.75, 3.05) is 6.61 Å². The van der Waals surface area contributed by atoms with Gasteiger partial charge in [-0.25, -0.2) is 4.79 Å². The number of carbonyl (C=O) groups is 1. The molecule has 0 aliphatic heterocycles. The van der Waals surface area contributed by atoms with Crippen LogP contribution in [0.3, 0.4) is 0 Å². The topological polar surface area (TPSA) is 73.9 Å². The summed E-state index contributed by atoms with van der Waals surface area (Å²) in [5, 5.41) is 3.60. The number of hydrogen-bond donors (Lipinski definition) is 1. The maximum absolute atomic E-state index is 11.6. The third-order valence-electron chi connectivity index (χ3n) is 2.75. The summed E-state index contributed by atoms with van der Waals surface area (Å²) in [6.07, 6.45) is 0. The quantitative estimate of drug-likeness (QED) is 0.384. The molecule has 0 bridgehead atoms. The summed E-state index contributed by atoms with van der Waals surface area (Å²) in [7, 11) is 0. The van der Waals surface area contributed by atoms with E-state index in [-0.39, 0.29) is 12.4 Å². The highest BCUT2D eigenvalue weighted by atomic mass is 79.9. The van der Waals surface area contributed by atoms with Crippen molar-refractivity contribution in [3.63, 3.8) is 0 Å². The van der Waals surface area contributed by atoms with E-state index in [0.717, 1.165) is 10.0 Å². The van der Waals surface area contributed by atoms with E-state index in [0.29, 0.717) is 11.3 Å². The Hall–Kier alpha value is -2.34. The lowest BCUT2D eigenvalue weighted by molar-refractivity contribution is -0.146. The normalized spacial score (nSPS) is 11.1. The van der Waals surface area contributed by atoms with Crippen LogP contribution in [0.25, 0.3) is 0 Å². The predicted molar refractivity (Wildman–Crippen MR) is 87.6 cm³/mol. The van der Waals surface area contributed by atoms with E-state index in [2.05, 4.69) is 21.1 Å². The van der Waals surface area contributed by atoms with Gasteiger partial charge in [0.05, 0.1) is 4.47 Å². The molecule has 0 aliphatic carbocycles. The van der Waals surface area contributed by atoms with Crippen LogP contribution in [0.4, 0.5) is 0 Å². The van der Waals surface area contributed by atoms with Gasteiger partial charge in [-0.1, -0.05) is 41.6 Å².